The first-order chi connectivity index (χ1) is 8.92. The highest BCUT2D eigenvalue weighted by atomic mass is 15.2. The maximum atomic E-state index is 3.76. The van der Waals surface area contributed by atoms with Gasteiger partial charge in [0, 0.05) is 41.6 Å². The molecule has 92 valence electrons. The molecule has 4 bridgehead atoms. The van der Waals surface area contributed by atoms with E-state index in [2.05, 4.69) is 34.1 Å². The fraction of sp³-hybridized carbons (Fsp3) is 0.500. The molecular formula is C16H18N2. The highest BCUT2D eigenvalue weighted by Crippen LogP contribution is 2.51. The van der Waals surface area contributed by atoms with Gasteiger partial charge in [0.25, 0.3) is 0 Å². The molecule has 1 saturated heterocycles. The van der Waals surface area contributed by atoms with Crippen molar-refractivity contribution in [2.75, 3.05) is 13.1 Å². The Morgan fingerprint density at radius 3 is 3.11 bits per heavy atom. The van der Waals surface area contributed by atoms with Crippen LogP contribution in [0.25, 0.3) is 10.9 Å². The standard InChI is InChI=1S/C16H18N2/c1-2-4-13-11(3-1)12-7-8-18-9-10-5-6-14(18)15(10)16(12)17-13/h1-4,10,14-15,17H,5-9H2. The molecule has 0 amide bonds. The Morgan fingerprint density at radius 1 is 1.17 bits per heavy atom. The monoisotopic (exact) mass is 238 g/mol. The van der Waals surface area contributed by atoms with E-state index in [-0.39, 0.29) is 0 Å². The van der Waals surface area contributed by atoms with E-state index in [1.54, 1.807) is 11.3 Å². The van der Waals surface area contributed by atoms with Crippen LogP contribution < -0.4 is 0 Å². The maximum absolute atomic E-state index is 3.76. The lowest BCUT2D eigenvalue weighted by Gasteiger charge is -2.25. The van der Waals surface area contributed by atoms with Crippen molar-refractivity contribution in [3.63, 3.8) is 0 Å². The first-order valence-corrected chi connectivity index (χ1v) is 7.25. The van der Waals surface area contributed by atoms with Crippen molar-refractivity contribution in [2.24, 2.45) is 5.92 Å². The Balaban J connectivity index is 1.79. The van der Waals surface area contributed by atoms with Crippen LogP contribution in [0.4, 0.5) is 0 Å². The van der Waals surface area contributed by atoms with Crippen LogP contribution in [0.3, 0.4) is 0 Å². The second-order valence-electron chi connectivity index (χ2n) is 6.24. The summed E-state index contributed by atoms with van der Waals surface area (Å²) in [6.07, 6.45) is 4.10. The van der Waals surface area contributed by atoms with Gasteiger partial charge in [-0.2, -0.15) is 0 Å². The summed E-state index contributed by atoms with van der Waals surface area (Å²) in [4.78, 5) is 6.51. The highest BCUT2D eigenvalue weighted by Gasteiger charge is 2.49. The van der Waals surface area contributed by atoms with E-state index in [0.29, 0.717) is 0 Å². The molecule has 2 fully saturated rings. The predicted octanol–water partition coefficient (Wildman–Crippen LogP) is 2.90. The van der Waals surface area contributed by atoms with E-state index in [4.69, 9.17) is 0 Å². The highest BCUT2D eigenvalue weighted by molar-refractivity contribution is 5.85. The number of nitrogens with zero attached hydrogens (tertiary/aromatic N) is 1. The van der Waals surface area contributed by atoms with Gasteiger partial charge in [-0.05, 0) is 36.8 Å². The van der Waals surface area contributed by atoms with Crippen LogP contribution >= 0.6 is 0 Å². The van der Waals surface area contributed by atoms with Crippen LogP contribution in [-0.4, -0.2) is 29.0 Å². The Hall–Kier alpha value is -1.28. The third-order valence-corrected chi connectivity index (χ3v) is 5.52. The van der Waals surface area contributed by atoms with Crippen molar-refractivity contribution in [3.05, 3.63) is 35.5 Å². The molecule has 1 aliphatic carbocycles. The number of benzene rings is 1. The van der Waals surface area contributed by atoms with Gasteiger partial charge in [-0.25, -0.2) is 0 Å². The number of rotatable bonds is 0. The number of para-hydroxylation sites is 1. The molecule has 0 radical (unpaired) electrons. The molecule has 1 N–H and O–H groups in total. The van der Waals surface area contributed by atoms with Crippen molar-refractivity contribution in [3.8, 4) is 0 Å². The van der Waals surface area contributed by atoms with Gasteiger partial charge in [0.05, 0.1) is 0 Å². The largest absolute Gasteiger partial charge is 0.358 e. The van der Waals surface area contributed by atoms with Crippen LogP contribution in [0, 0.1) is 5.92 Å². The van der Waals surface area contributed by atoms with Crippen molar-refractivity contribution in [2.45, 2.75) is 31.2 Å². The molecule has 1 aromatic carbocycles. The SMILES string of the molecule is c1ccc2c3c([nH]c2c1)C1C2CCC1N(CC3)C2. The molecule has 3 heterocycles. The van der Waals surface area contributed by atoms with E-state index in [9.17, 15) is 0 Å². The van der Waals surface area contributed by atoms with Crippen LogP contribution in [0.5, 0.6) is 0 Å². The maximum Gasteiger partial charge on any atom is 0.0459 e. The fourth-order valence-electron chi connectivity index (χ4n) is 4.82. The zero-order chi connectivity index (χ0) is 11.7. The van der Waals surface area contributed by atoms with Gasteiger partial charge < -0.3 is 4.98 Å². The van der Waals surface area contributed by atoms with Crippen LogP contribution in [0.1, 0.15) is 30.0 Å². The molecule has 5 rings (SSSR count). The van der Waals surface area contributed by atoms with Gasteiger partial charge >= 0.3 is 0 Å². The molecule has 2 aromatic rings. The summed E-state index contributed by atoms with van der Waals surface area (Å²) in [5.41, 5.74) is 4.56. The zero-order valence-corrected chi connectivity index (χ0v) is 10.5. The lowest BCUT2D eigenvalue weighted by Crippen LogP contribution is -2.33. The average Bonchev–Trinajstić information content (AvgIpc) is 3.01. The summed E-state index contributed by atoms with van der Waals surface area (Å²) in [7, 11) is 0. The third kappa shape index (κ3) is 1.04. The molecule has 0 spiro atoms. The first-order valence-electron chi connectivity index (χ1n) is 7.25. The molecule has 4 unspecified atom stereocenters. The summed E-state index contributed by atoms with van der Waals surface area (Å²) < 4.78 is 0. The minimum Gasteiger partial charge on any atom is -0.358 e. The molecule has 2 heteroatoms. The molecule has 1 aromatic heterocycles. The summed E-state index contributed by atoms with van der Waals surface area (Å²) in [6, 6.07) is 9.69. The van der Waals surface area contributed by atoms with Crippen molar-refractivity contribution in [1.29, 1.82) is 0 Å². The molecule has 3 aliphatic rings. The van der Waals surface area contributed by atoms with Crippen molar-refractivity contribution >= 4 is 10.9 Å². The number of piperidine rings is 1. The van der Waals surface area contributed by atoms with Gasteiger partial charge in [-0.15, -0.1) is 0 Å². The van der Waals surface area contributed by atoms with Gasteiger partial charge in [-0.3, -0.25) is 4.90 Å². The second-order valence-corrected chi connectivity index (χ2v) is 6.24. The number of H-pyrrole nitrogens is 1. The lowest BCUT2D eigenvalue weighted by molar-refractivity contribution is 0.217. The average molecular weight is 238 g/mol. The quantitative estimate of drug-likeness (QED) is 0.747. The second kappa shape index (κ2) is 3.18. The van der Waals surface area contributed by atoms with E-state index >= 15 is 0 Å². The molecule has 1 saturated carbocycles. The van der Waals surface area contributed by atoms with E-state index in [1.807, 2.05) is 0 Å². The number of hydrogen-bond donors (Lipinski definition) is 1. The lowest BCUT2D eigenvalue weighted by atomic mass is 9.91. The predicted molar refractivity (Wildman–Crippen MR) is 72.8 cm³/mol. The van der Waals surface area contributed by atoms with Gasteiger partial charge in [0.2, 0.25) is 0 Å². The Labute approximate surface area is 107 Å². The Kier molecular flexibility index (Phi) is 1.70. The zero-order valence-electron chi connectivity index (χ0n) is 10.5. The number of aromatic nitrogens is 1. The van der Waals surface area contributed by atoms with E-state index in [1.165, 1.54) is 43.3 Å². The molecule has 18 heavy (non-hydrogen) atoms. The van der Waals surface area contributed by atoms with Crippen LogP contribution in [0.2, 0.25) is 0 Å². The molecule has 2 nitrogen and oxygen atoms in total. The van der Waals surface area contributed by atoms with Crippen molar-refractivity contribution in [1.82, 2.24) is 9.88 Å². The third-order valence-electron chi connectivity index (χ3n) is 5.52. The number of aromatic amines is 1. The fourth-order valence-corrected chi connectivity index (χ4v) is 4.82. The van der Waals surface area contributed by atoms with E-state index in [0.717, 1.165) is 17.9 Å². The summed E-state index contributed by atoms with van der Waals surface area (Å²) >= 11 is 0. The summed E-state index contributed by atoms with van der Waals surface area (Å²) in [5.74, 6) is 1.72. The van der Waals surface area contributed by atoms with Crippen molar-refractivity contribution < 1.29 is 0 Å². The van der Waals surface area contributed by atoms with Gasteiger partial charge in [-0.1, -0.05) is 18.2 Å². The number of nitrogens with one attached hydrogen (secondary N) is 1. The Morgan fingerprint density at radius 2 is 2.11 bits per heavy atom. The van der Waals surface area contributed by atoms with E-state index < -0.39 is 0 Å². The molecule has 4 atom stereocenters. The van der Waals surface area contributed by atoms with Crippen LogP contribution in [0.15, 0.2) is 24.3 Å². The topological polar surface area (TPSA) is 19.0 Å². The molecule has 2 aliphatic heterocycles. The minimum atomic E-state index is 0.801. The Bertz CT molecular complexity index is 627. The van der Waals surface area contributed by atoms with Gasteiger partial charge in [0.1, 0.15) is 0 Å². The van der Waals surface area contributed by atoms with Crippen LogP contribution in [-0.2, 0) is 6.42 Å². The minimum absolute atomic E-state index is 0.801. The number of fused-ring (bicyclic) bond motifs is 3. The summed E-state index contributed by atoms with van der Waals surface area (Å²) in [6.45, 7) is 2.62. The van der Waals surface area contributed by atoms with Gasteiger partial charge in [0.15, 0.2) is 0 Å². The smallest absolute Gasteiger partial charge is 0.0459 e. The normalized spacial score (nSPS) is 36.9. The summed E-state index contributed by atoms with van der Waals surface area (Å²) in [5, 5.41) is 1.47. The number of hydrogen-bond acceptors (Lipinski definition) is 1. The molecular weight excluding hydrogens is 220 g/mol. The first kappa shape index (κ1) is 9.62.